The number of rotatable bonds is 8. The molecule has 2 rings (SSSR count). The number of hydrogen-bond donors (Lipinski definition) is 3. The first kappa shape index (κ1) is 22.4. The lowest BCUT2D eigenvalue weighted by atomic mass is 10.1. The minimum absolute atomic E-state index is 0.0689. The van der Waals surface area contributed by atoms with Crippen LogP contribution < -0.4 is 16.0 Å². The molecule has 2 aromatic carbocycles. The standard InChI is InChI=1S/C22H29FN4O2/c1-15(2)26-22(29)25-13-16-8-10-17(11-9-16)21(28)24-14-20(27(3)4)18-6-5-7-19(23)12-18/h5-12,15,20H,13-14H2,1-4H3,(H,24,28)(H2,25,26,29). The molecule has 0 aliphatic heterocycles. The maximum Gasteiger partial charge on any atom is 0.315 e. The molecular formula is C22H29FN4O2. The van der Waals surface area contributed by atoms with E-state index in [9.17, 15) is 14.0 Å². The lowest BCUT2D eigenvalue weighted by Crippen LogP contribution is -2.39. The summed E-state index contributed by atoms with van der Waals surface area (Å²) in [6.45, 7) is 4.51. The first-order valence-electron chi connectivity index (χ1n) is 9.59. The number of likely N-dealkylation sites (N-methyl/N-ethyl adjacent to an activating group) is 1. The molecule has 0 spiro atoms. The number of nitrogens with zero attached hydrogens (tertiary/aromatic N) is 1. The third-order valence-electron chi connectivity index (χ3n) is 4.40. The molecule has 0 aliphatic carbocycles. The van der Waals surface area contributed by atoms with E-state index in [0.717, 1.165) is 11.1 Å². The van der Waals surface area contributed by atoms with Gasteiger partial charge in [0, 0.05) is 24.7 Å². The Labute approximate surface area is 171 Å². The van der Waals surface area contributed by atoms with Gasteiger partial charge in [-0.2, -0.15) is 0 Å². The van der Waals surface area contributed by atoms with Gasteiger partial charge in [0.1, 0.15) is 5.82 Å². The molecule has 0 fully saturated rings. The molecule has 156 valence electrons. The molecule has 0 aliphatic rings. The van der Waals surface area contributed by atoms with Gasteiger partial charge >= 0.3 is 6.03 Å². The molecule has 1 atom stereocenters. The second kappa shape index (κ2) is 10.6. The molecule has 1 unspecified atom stereocenters. The average molecular weight is 400 g/mol. The summed E-state index contributed by atoms with van der Waals surface area (Å²) in [4.78, 5) is 26.1. The Morgan fingerprint density at radius 3 is 2.31 bits per heavy atom. The summed E-state index contributed by atoms with van der Waals surface area (Å²) in [7, 11) is 3.78. The highest BCUT2D eigenvalue weighted by atomic mass is 19.1. The number of urea groups is 1. The maximum absolute atomic E-state index is 13.5. The molecule has 0 saturated heterocycles. The second-order valence-electron chi connectivity index (χ2n) is 7.42. The van der Waals surface area contributed by atoms with Crippen LogP contribution in [0.2, 0.25) is 0 Å². The van der Waals surface area contributed by atoms with E-state index in [2.05, 4.69) is 16.0 Å². The predicted octanol–water partition coefficient (Wildman–Crippen LogP) is 3.07. The van der Waals surface area contributed by atoms with Crippen molar-refractivity contribution in [2.75, 3.05) is 20.6 Å². The molecule has 0 heterocycles. The zero-order chi connectivity index (χ0) is 21.4. The summed E-state index contributed by atoms with van der Waals surface area (Å²) in [5, 5.41) is 8.43. The number of carbonyl (C=O) groups excluding carboxylic acids is 2. The number of carbonyl (C=O) groups is 2. The van der Waals surface area contributed by atoms with Gasteiger partial charge in [0.2, 0.25) is 0 Å². The largest absolute Gasteiger partial charge is 0.350 e. The van der Waals surface area contributed by atoms with Gasteiger partial charge in [0.25, 0.3) is 5.91 Å². The summed E-state index contributed by atoms with van der Waals surface area (Å²) in [6, 6.07) is 13.1. The minimum atomic E-state index is -0.299. The Hall–Kier alpha value is -2.93. The molecule has 29 heavy (non-hydrogen) atoms. The molecule has 0 saturated carbocycles. The van der Waals surface area contributed by atoms with Crippen LogP contribution in [0.1, 0.15) is 41.4 Å². The fourth-order valence-electron chi connectivity index (χ4n) is 2.87. The van der Waals surface area contributed by atoms with Gasteiger partial charge in [0.15, 0.2) is 0 Å². The highest BCUT2D eigenvalue weighted by Crippen LogP contribution is 2.18. The van der Waals surface area contributed by atoms with Crippen LogP contribution in [0.3, 0.4) is 0 Å². The van der Waals surface area contributed by atoms with Gasteiger partial charge < -0.3 is 20.9 Å². The van der Waals surface area contributed by atoms with Gasteiger partial charge in [-0.1, -0.05) is 24.3 Å². The predicted molar refractivity (Wildman–Crippen MR) is 112 cm³/mol. The number of nitrogens with one attached hydrogen (secondary N) is 3. The molecule has 7 heteroatoms. The van der Waals surface area contributed by atoms with E-state index in [1.165, 1.54) is 12.1 Å². The van der Waals surface area contributed by atoms with Crippen LogP contribution in [0.4, 0.5) is 9.18 Å². The van der Waals surface area contributed by atoms with Crippen molar-refractivity contribution in [1.29, 1.82) is 0 Å². The lowest BCUT2D eigenvalue weighted by Gasteiger charge is -2.25. The number of hydrogen-bond acceptors (Lipinski definition) is 3. The van der Waals surface area contributed by atoms with Crippen molar-refractivity contribution in [1.82, 2.24) is 20.9 Å². The Morgan fingerprint density at radius 2 is 1.72 bits per heavy atom. The van der Waals surface area contributed by atoms with Crippen LogP contribution in [-0.2, 0) is 6.54 Å². The van der Waals surface area contributed by atoms with E-state index >= 15 is 0 Å². The van der Waals surface area contributed by atoms with E-state index < -0.39 is 0 Å². The van der Waals surface area contributed by atoms with Gasteiger partial charge in [0.05, 0.1) is 6.04 Å². The van der Waals surface area contributed by atoms with Crippen molar-refractivity contribution in [2.45, 2.75) is 32.5 Å². The molecule has 3 amide bonds. The number of amides is 3. The van der Waals surface area contributed by atoms with E-state index in [1.54, 1.807) is 30.3 Å². The van der Waals surface area contributed by atoms with Crippen molar-refractivity contribution >= 4 is 11.9 Å². The van der Waals surface area contributed by atoms with Gasteiger partial charge in [-0.25, -0.2) is 9.18 Å². The third kappa shape index (κ3) is 7.19. The fourth-order valence-corrected chi connectivity index (χ4v) is 2.87. The molecule has 6 nitrogen and oxygen atoms in total. The maximum atomic E-state index is 13.5. The lowest BCUT2D eigenvalue weighted by molar-refractivity contribution is 0.0942. The SMILES string of the molecule is CC(C)NC(=O)NCc1ccc(C(=O)NCC(c2cccc(F)c2)N(C)C)cc1. The van der Waals surface area contributed by atoms with E-state index in [1.807, 2.05) is 38.9 Å². The molecular weight excluding hydrogens is 371 g/mol. The average Bonchev–Trinajstić information content (AvgIpc) is 2.66. The molecule has 0 aromatic heterocycles. The third-order valence-corrected chi connectivity index (χ3v) is 4.40. The Kier molecular flexibility index (Phi) is 8.15. The van der Waals surface area contributed by atoms with Crippen LogP contribution in [0.15, 0.2) is 48.5 Å². The fraction of sp³-hybridized carbons (Fsp3) is 0.364. The van der Waals surface area contributed by atoms with Gasteiger partial charge in [-0.3, -0.25) is 4.79 Å². The van der Waals surface area contributed by atoms with E-state index in [0.29, 0.717) is 18.7 Å². The Morgan fingerprint density at radius 1 is 1.03 bits per heavy atom. The van der Waals surface area contributed by atoms with Crippen LogP contribution in [0.25, 0.3) is 0 Å². The Bertz CT molecular complexity index is 822. The summed E-state index contributed by atoms with van der Waals surface area (Å²) in [5.41, 5.74) is 2.22. The second-order valence-corrected chi connectivity index (χ2v) is 7.42. The first-order chi connectivity index (χ1) is 13.8. The zero-order valence-electron chi connectivity index (χ0n) is 17.3. The quantitative estimate of drug-likeness (QED) is 0.638. The monoisotopic (exact) mass is 400 g/mol. The van der Waals surface area contributed by atoms with Crippen LogP contribution in [0, 0.1) is 5.82 Å². The van der Waals surface area contributed by atoms with Crippen molar-refractivity contribution in [3.05, 3.63) is 71.0 Å². The van der Waals surface area contributed by atoms with Gasteiger partial charge in [-0.05, 0) is 63.3 Å². The summed E-state index contributed by atoms with van der Waals surface area (Å²) in [5.74, 6) is -0.503. The van der Waals surface area contributed by atoms with Crippen LogP contribution in [0.5, 0.6) is 0 Å². The highest BCUT2D eigenvalue weighted by molar-refractivity contribution is 5.94. The highest BCUT2D eigenvalue weighted by Gasteiger charge is 2.16. The topological polar surface area (TPSA) is 73.5 Å². The Balaban J connectivity index is 1.92. The molecule has 3 N–H and O–H groups in total. The molecule has 0 radical (unpaired) electrons. The van der Waals surface area contributed by atoms with Crippen LogP contribution in [-0.4, -0.2) is 43.5 Å². The number of halogens is 1. The van der Waals surface area contributed by atoms with Crippen LogP contribution >= 0.6 is 0 Å². The van der Waals surface area contributed by atoms with E-state index in [4.69, 9.17) is 0 Å². The smallest absolute Gasteiger partial charge is 0.315 e. The summed E-state index contributed by atoms with van der Waals surface area (Å²) < 4.78 is 13.5. The minimum Gasteiger partial charge on any atom is -0.350 e. The summed E-state index contributed by atoms with van der Waals surface area (Å²) >= 11 is 0. The zero-order valence-corrected chi connectivity index (χ0v) is 17.3. The molecule has 2 aromatic rings. The van der Waals surface area contributed by atoms with Crippen molar-refractivity contribution < 1.29 is 14.0 Å². The number of benzene rings is 2. The van der Waals surface area contributed by atoms with Crippen molar-refractivity contribution in [3.8, 4) is 0 Å². The first-order valence-corrected chi connectivity index (χ1v) is 9.59. The summed E-state index contributed by atoms with van der Waals surface area (Å²) in [6.07, 6.45) is 0. The van der Waals surface area contributed by atoms with Crippen molar-refractivity contribution in [2.24, 2.45) is 0 Å². The normalized spacial score (nSPS) is 12.0. The molecule has 0 bridgehead atoms. The van der Waals surface area contributed by atoms with Gasteiger partial charge in [-0.15, -0.1) is 0 Å². The van der Waals surface area contributed by atoms with E-state index in [-0.39, 0.29) is 29.8 Å². The van der Waals surface area contributed by atoms with Crippen molar-refractivity contribution in [3.63, 3.8) is 0 Å².